The lowest BCUT2D eigenvalue weighted by atomic mass is 10.2. The monoisotopic (exact) mass is 137 g/mol. The van der Waals surface area contributed by atoms with Crippen molar-refractivity contribution in [2.75, 3.05) is 6.61 Å². The topological polar surface area (TPSA) is 46.2 Å². The van der Waals surface area contributed by atoms with Crippen LogP contribution < -0.4 is 5.73 Å². The molecule has 0 aromatic heterocycles. The minimum Gasteiger partial charge on any atom is -0.395 e. The van der Waals surface area contributed by atoms with Gasteiger partial charge in [-0.05, 0) is 18.8 Å². The molecule has 1 atom stereocenters. The Hall–Kier alpha value is 0.210. The summed E-state index contributed by atoms with van der Waals surface area (Å²) >= 11 is 0. The highest BCUT2D eigenvalue weighted by atomic mass is 35.5. The molecule has 1 fully saturated rings. The Kier molecular flexibility index (Phi) is 3.36. The summed E-state index contributed by atoms with van der Waals surface area (Å²) in [6, 6.07) is 0.0694. The predicted molar refractivity (Wildman–Crippen MR) is 35.0 cm³/mol. The first-order valence-corrected chi connectivity index (χ1v) is 2.71. The van der Waals surface area contributed by atoms with Crippen molar-refractivity contribution >= 4 is 12.4 Å². The maximum Gasteiger partial charge on any atom is 0.0585 e. The van der Waals surface area contributed by atoms with E-state index in [1.807, 2.05) is 0 Å². The summed E-state index contributed by atoms with van der Waals surface area (Å²) in [7, 11) is 0. The van der Waals surface area contributed by atoms with Crippen molar-refractivity contribution in [1.29, 1.82) is 0 Å². The van der Waals surface area contributed by atoms with E-state index in [0.717, 1.165) is 0 Å². The van der Waals surface area contributed by atoms with Gasteiger partial charge < -0.3 is 10.8 Å². The molecule has 0 radical (unpaired) electrons. The van der Waals surface area contributed by atoms with Gasteiger partial charge in [0.1, 0.15) is 0 Å². The third-order valence-corrected chi connectivity index (χ3v) is 1.44. The predicted octanol–water partition coefficient (Wildman–Crippen LogP) is 0.138. The molecule has 8 heavy (non-hydrogen) atoms. The molecule has 1 aliphatic rings. The third-order valence-electron chi connectivity index (χ3n) is 1.44. The lowest BCUT2D eigenvalue weighted by Gasteiger charge is -2.01. The number of aliphatic hydroxyl groups excluding tert-OH is 1. The molecule has 50 valence electrons. The molecule has 0 aliphatic heterocycles. The molecule has 0 unspecified atom stereocenters. The molecule has 1 aliphatic carbocycles. The summed E-state index contributed by atoms with van der Waals surface area (Å²) in [5, 5.41) is 8.42. The summed E-state index contributed by atoms with van der Waals surface area (Å²) in [6.45, 7) is 0.157. The fraction of sp³-hybridized carbons (Fsp3) is 1.00. The van der Waals surface area contributed by atoms with Crippen molar-refractivity contribution < 1.29 is 5.11 Å². The van der Waals surface area contributed by atoms with Crippen LogP contribution >= 0.6 is 12.4 Å². The highest BCUT2D eigenvalue weighted by Crippen LogP contribution is 2.30. The van der Waals surface area contributed by atoms with Crippen molar-refractivity contribution in [3.05, 3.63) is 0 Å². The summed E-state index contributed by atoms with van der Waals surface area (Å²) < 4.78 is 0. The zero-order valence-corrected chi connectivity index (χ0v) is 5.53. The maximum absolute atomic E-state index is 8.42. The van der Waals surface area contributed by atoms with Gasteiger partial charge in [-0.25, -0.2) is 0 Å². The highest BCUT2D eigenvalue weighted by Gasteiger charge is 2.27. The van der Waals surface area contributed by atoms with Gasteiger partial charge >= 0.3 is 0 Å². The Morgan fingerprint density at radius 3 is 2.25 bits per heavy atom. The van der Waals surface area contributed by atoms with Crippen LogP contribution in [-0.4, -0.2) is 17.8 Å². The molecule has 3 heteroatoms. The molecule has 1 saturated carbocycles. The van der Waals surface area contributed by atoms with Crippen molar-refractivity contribution in [2.24, 2.45) is 11.7 Å². The zero-order valence-electron chi connectivity index (χ0n) is 4.71. The Bertz CT molecular complexity index is 65.4. The molecule has 0 heterocycles. The second-order valence-electron chi connectivity index (χ2n) is 2.18. The van der Waals surface area contributed by atoms with Gasteiger partial charge in [-0.2, -0.15) is 0 Å². The quantitative estimate of drug-likeness (QED) is 0.569. The summed E-state index contributed by atoms with van der Waals surface area (Å²) in [4.78, 5) is 0. The number of rotatable bonds is 2. The van der Waals surface area contributed by atoms with E-state index in [2.05, 4.69) is 0 Å². The van der Waals surface area contributed by atoms with Crippen molar-refractivity contribution in [2.45, 2.75) is 18.9 Å². The van der Waals surface area contributed by atoms with Gasteiger partial charge in [-0.1, -0.05) is 0 Å². The lowest BCUT2D eigenvalue weighted by molar-refractivity contribution is 0.254. The Morgan fingerprint density at radius 1 is 1.62 bits per heavy atom. The second kappa shape index (κ2) is 3.28. The minimum absolute atomic E-state index is 0. The van der Waals surface area contributed by atoms with Crippen molar-refractivity contribution in [3.8, 4) is 0 Å². The maximum atomic E-state index is 8.42. The molecule has 0 amide bonds. The van der Waals surface area contributed by atoms with Crippen LogP contribution in [0.25, 0.3) is 0 Å². The average Bonchev–Trinajstić information content (AvgIpc) is 2.44. The van der Waals surface area contributed by atoms with Crippen LogP contribution in [0.5, 0.6) is 0 Å². The summed E-state index contributed by atoms with van der Waals surface area (Å²) in [6.07, 6.45) is 2.45. The van der Waals surface area contributed by atoms with Gasteiger partial charge in [0.05, 0.1) is 6.61 Å². The van der Waals surface area contributed by atoms with Gasteiger partial charge in [0.15, 0.2) is 0 Å². The van der Waals surface area contributed by atoms with Gasteiger partial charge in [0.2, 0.25) is 0 Å². The van der Waals surface area contributed by atoms with Crippen LogP contribution in [0.2, 0.25) is 0 Å². The molecule has 3 N–H and O–H groups in total. The molecular formula is C5H12ClNO. The SMILES string of the molecule is Cl.N[C@@H](CO)C1CC1. The highest BCUT2D eigenvalue weighted by molar-refractivity contribution is 5.85. The summed E-state index contributed by atoms with van der Waals surface area (Å²) in [5.74, 6) is 0.644. The van der Waals surface area contributed by atoms with Crippen LogP contribution in [0.1, 0.15) is 12.8 Å². The first kappa shape index (κ1) is 8.21. The normalized spacial score (nSPS) is 21.8. The van der Waals surface area contributed by atoms with Gasteiger partial charge in [-0.3, -0.25) is 0 Å². The van der Waals surface area contributed by atoms with E-state index in [0.29, 0.717) is 5.92 Å². The van der Waals surface area contributed by atoms with E-state index < -0.39 is 0 Å². The van der Waals surface area contributed by atoms with E-state index in [1.165, 1.54) is 12.8 Å². The van der Waals surface area contributed by atoms with Gasteiger partial charge in [0.25, 0.3) is 0 Å². The largest absolute Gasteiger partial charge is 0.395 e. The Labute approximate surface area is 55.5 Å². The smallest absolute Gasteiger partial charge is 0.0585 e. The number of halogens is 1. The van der Waals surface area contributed by atoms with Crippen LogP contribution in [0.15, 0.2) is 0 Å². The first-order chi connectivity index (χ1) is 3.34. The number of aliphatic hydroxyl groups is 1. The van der Waals surface area contributed by atoms with Crippen LogP contribution in [-0.2, 0) is 0 Å². The first-order valence-electron chi connectivity index (χ1n) is 2.71. The van der Waals surface area contributed by atoms with Crippen LogP contribution in [0, 0.1) is 5.92 Å². The van der Waals surface area contributed by atoms with E-state index >= 15 is 0 Å². The molecule has 0 spiro atoms. The molecular weight excluding hydrogens is 126 g/mol. The van der Waals surface area contributed by atoms with Crippen LogP contribution in [0.3, 0.4) is 0 Å². The number of hydrogen-bond donors (Lipinski definition) is 2. The molecule has 0 bridgehead atoms. The minimum atomic E-state index is 0. The van der Waals surface area contributed by atoms with E-state index in [9.17, 15) is 0 Å². The standard InChI is InChI=1S/C5H11NO.ClH/c6-5(3-7)4-1-2-4;/h4-5,7H,1-3,6H2;1H/t5-;/m0./s1. The van der Waals surface area contributed by atoms with E-state index in [4.69, 9.17) is 10.8 Å². The molecule has 0 saturated heterocycles. The number of hydrogen-bond acceptors (Lipinski definition) is 2. The van der Waals surface area contributed by atoms with Crippen molar-refractivity contribution in [1.82, 2.24) is 0 Å². The fourth-order valence-corrected chi connectivity index (χ4v) is 0.673. The summed E-state index contributed by atoms with van der Waals surface area (Å²) in [5.41, 5.74) is 5.43. The Balaban J connectivity index is 0.000000490. The fourth-order valence-electron chi connectivity index (χ4n) is 0.673. The van der Waals surface area contributed by atoms with Crippen LogP contribution in [0.4, 0.5) is 0 Å². The second-order valence-corrected chi connectivity index (χ2v) is 2.18. The van der Waals surface area contributed by atoms with E-state index in [1.54, 1.807) is 0 Å². The van der Waals surface area contributed by atoms with E-state index in [-0.39, 0.29) is 25.1 Å². The van der Waals surface area contributed by atoms with Crippen molar-refractivity contribution in [3.63, 3.8) is 0 Å². The van der Waals surface area contributed by atoms with Gasteiger partial charge in [0, 0.05) is 6.04 Å². The molecule has 0 aromatic carbocycles. The third kappa shape index (κ3) is 1.99. The van der Waals surface area contributed by atoms with Gasteiger partial charge in [-0.15, -0.1) is 12.4 Å². The molecule has 1 rings (SSSR count). The molecule has 2 nitrogen and oxygen atoms in total. The average molecular weight is 138 g/mol. The zero-order chi connectivity index (χ0) is 5.28. The number of nitrogens with two attached hydrogens (primary N) is 1. The molecule has 0 aromatic rings. The Morgan fingerprint density at radius 2 is 2.12 bits per heavy atom. The lowest BCUT2D eigenvalue weighted by Crippen LogP contribution is -2.26.